The number of halogens is 2. The normalized spacial score (nSPS) is 12.5. The first-order chi connectivity index (χ1) is 9.08. The zero-order chi connectivity index (χ0) is 14.0. The van der Waals surface area contributed by atoms with Gasteiger partial charge in [0.2, 0.25) is 0 Å². The van der Waals surface area contributed by atoms with E-state index >= 15 is 0 Å². The maximum Gasteiger partial charge on any atom is 0.123 e. The first-order valence-electron chi connectivity index (χ1n) is 5.81. The number of rotatable bonds is 4. The third kappa shape index (κ3) is 2.85. The lowest BCUT2D eigenvalue weighted by Gasteiger charge is -2.16. The standard InChI is InChI=1S/C13H14Br2N2O2/c1-3-17-12(11(15)7-16-17)13(18)9-6-8(19-2)4-5-10(9)14/h4-7,13,18H,3H2,1-2H3. The number of benzene rings is 1. The van der Waals surface area contributed by atoms with Crippen LogP contribution < -0.4 is 4.74 Å². The van der Waals surface area contributed by atoms with E-state index in [9.17, 15) is 5.11 Å². The Morgan fingerprint density at radius 2 is 2.11 bits per heavy atom. The number of aryl methyl sites for hydroxylation is 1. The van der Waals surface area contributed by atoms with Gasteiger partial charge in [-0.15, -0.1) is 0 Å². The quantitative estimate of drug-likeness (QED) is 0.870. The molecule has 102 valence electrons. The van der Waals surface area contributed by atoms with Crippen molar-refractivity contribution in [2.45, 2.75) is 19.6 Å². The number of aliphatic hydroxyl groups excluding tert-OH is 1. The molecule has 19 heavy (non-hydrogen) atoms. The highest BCUT2D eigenvalue weighted by atomic mass is 79.9. The van der Waals surface area contributed by atoms with Gasteiger partial charge in [0.25, 0.3) is 0 Å². The van der Waals surface area contributed by atoms with Gasteiger partial charge in [0.05, 0.1) is 23.5 Å². The van der Waals surface area contributed by atoms with E-state index in [2.05, 4.69) is 37.0 Å². The van der Waals surface area contributed by atoms with E-state index in [1.54, 1.807) is 18.0 Å². The molecule has 1 heterocycles. The summed E-state index contributed by atoms with van der Waals surface area (Å²) in [5.74, 6) is 0.705. The molecule has 0 amide bonds. The van der Waals surface area contributed by atoms with Gasteiger partial charge >= 0.3 is 0 Å². The summed E-state index contributed by atoms with van der Waals surface area (Å²) < 4.78 is 8.58. The van der Waals surface area contributed by atoms with Crippen molar-refractivity contribution in [1.82, 2.24) is 9.78 Å². The minimum Gasteiger partial charge on any atom is -0.497 e. The highest BCUT2D eigenvalue weighted by molar-refractivity contribution is 9.10. The molecule has 0 radical (unpaired) electrons. The molecule has 0 aliphatic heterocycles. The lowest BCUT2D eigenvalue weighted by molar-refractivity contribution is 0.206. The minimum atomic E-state index is -0.777. The zero-order valence-electron chi connectivity index (χ0n) is 10.6. The predicted molar refractivity (Wildman–Crippen MR) is 80.4 cm³/mol. The van der Waals surface area contributed by atoms with Gasteiger partial charge in [-0.25, -0.2) is 0 Å². The number of hydrogen-bond acceptors (Lipinski definition) is 3. The Morgan fingerprint density at radius 1 is 1.37 bits per heavy atom. The van der Waals surface area contributed by atoms with Crippen LogP contribution in [0, 0.1) is 0 Å². The van der Waals surface area contributed by atoms with Gasteiger partial charge < -0.3 is 9.84 Å². The first-order valence-corrected chi connectivity index (χ1v) is 7.39. The van der Waals surface area contributed by atoms with Crippen LogP contribution in [0.25, 0.3) is 0 Å². The summed E-state index contributed by atoms with van der Waals surface area (Å²) in [6.45, 7) is 2.68. The molecule has 2 rings (SSSR count). The lowest BCUT2D eigenvalue weighted by atomic mass is 10.1. The average Bonchev–Trinajstić information content (AvgIpc) is 2.79. The second-order valence-corrected chi connectivity index (χ2v) is 5.69. The molecule has 4 nitrogen and oxygen atoms in total. The maximum absolute atomic E-state index is 10.6. The molecule has 1 aromatic carbocycles. The third-order valence-electron chi connectivity index (χ3n) is 2.89. The minimum absolute atomic E-state index is 0.694. The molecule has 0 fully saturated rings. The molecule has 2 aromatic rings. The fraction of sp³-hybridized carbons (Fsp3) is 0.308. The van der Waals surface area contributed by atoms with Crippen LogP contribution in [0.15, 0.2) is 33.3 Å². The van der Waals surface area contributed by atoms with Gasteiger partial charge in [-0.05, 0) is 41.1 Å². The molecule has 6 heteroatoms. The highest BCUT2D eigenvalue weighted by Gasteiger charge is 2.21. The molecule has 1 N–H and O–H groups in total. The SMILES string of the molecule is CCn1ncc(Br)c1C(O)c1cc(OC)ccc1Br. The molecular weight excluding hydrogens is 376 g/mol. The van der Waals surface area contributed by atoms with Crippen molar-refractivity contribution < 1.29 is 9.84 Å². The first kappa shape index (κ1) is 14.6. The summed E-state index contributed by atoms with van der Waals surface area (Å²) in [6, 6.07) is 5.51. The maximum atomic E-state index is 10.6. The van der Waals surface area contributed by atoms with Crippen LogP contribution in [0.4, 0.5) is 0 Å². The number of aliphatic hydroxyl groups is 1. The van der Waals surface area contributed by atoms with Crippen LogP contribution in [-0.4, -0.2) is 22.0 Å². The summed E-state index contributed by atoms with van der Waals surface area (Å²) in [4.78, 5) is 0. The number of ether oxygens (including phenoxy) is 1. The average molecular weight is 390 g/mol. The van der Waals surface area contributed by atoms with Crippen molar-refractivity contribution in [3.63, 3.8) is 0 Å². The number of hydrogen-bond donors (Lipinski definition) is 1. The second kappa shape index (κ2) is 6.07. The Hall–Kier alpha value is -0.850. The van der Waals surface area contributed by atoms with E-state index in [4.69, 9.17) is 4.74 Å². The topological polar surface area (TPSA) is 47.3 Å². The largest absolute Gasteiger partial charge is 0.497 e. The summed E-state index contributed by atoms with van der Waals surface area (Å²) in [6.07, 6.45) is 0.914. The van der Waals surface area contributed by atoms with Gasteiger partial charge in [0.1, 0.15) is 11.9 Å². The Morgan fingerprint density at radius 3 is 2.74 bits per heavy atom. The van der Waals surface area contributed by atoms with Crippen molar-refractivity contribution in [1.29, 1.82) is 0 Å². The smallest absolute Gasteiger partial charge is 0.123 e. The van der Waals surface area contributed by atoms with Crippen LogP contribution >= 0.6 is 31.9 Å². The van der Waals surface area contributed by atoms with E-state index in [-0.39, 0.29) is 0 Å². The summed E-state index contributed by atoms with van der Waals surface area (Å²) >= 11 is 6.88. The third-order valence-corrected chi connectivity index (χ3v) is 4.22. The number of aromatic nitrogens is 2. The van der Waals surface area contributed by atoms with Crippen LogP contribution in [0.1, 0.15) is 24.3 Å². The molecule has 0 spiro atoms. The number of methoxy groups -OCH3 is 1. The van der Waals surface area contributed by atoms with E-state index in [1.807, 2.05) is 25.1 Å². The molecule has 1 unspecified atom stereocenters. The molecule has 0 saturated carbocycles. The molecular formula is C13H14Br2N2O2. The van der Waals surface area contributed by atoms with Crippen molar-refractivity contribution >= 4 is 31.9 Å². The second-order valence-electron chi connectivity index (χ2n) is 3.98. The Kier molecular flexibility index (Phi) is 4.65. The summed E-state index contributed by atoms with van der Waals surface area (Å²) in [5.41, 5.74) is 1.48. The van der Waals surface area contributed by atoms with Gasteiger partial charge in [-0.3, -0.25) is 4.68 Å². The van der Waals surface area contributed by atoms with Crippen LogP contribution in [0.2, 0.25) is 0 Å². The summed E-state index contributed by atoms with van der Waals surface area (Å²) in [5, 5.41) is 14.8. The van der Waals surface area contributed by atoms with Gasteiger partial charge in [-0.1, -0.05) is 15.9 Å². The van der Waals surface area contributed by atoms with Crippen LogP contribution in [-0.2, 0) is 6.54 Å². The fourth-order valence-corrected chi connectivity index (χ4v) is 2.88. The van der Waals surface area contributed by atoms with Crippen molar-refractivity contribution in [3.8, 4) is 5.75 Å². The van der Waals surface area contributed by atoms with Crippen LogP contribution in [0.3, 0.4) is 0 Å². The van der Waals surface area contributed by atoms with E-state index in [0.29, 0.717) is 12.3 Å². The van der Waals surface area contributed by atoms with E-state index in [1.165, 1.54) is 0 Å². The Balaban J connectivity index is 2.49. The molecule has 1 atom stereocenters. The predicted octanol–water partition coefficient (Wildman–Crippen LogP) is 3.52. The van der Waals surface area contributed by atoms with E-state index in [0.717, 1.165) is 20.2 Å². The van der Waals surface area contributed by atoms with Gasteiger partial charge in [-0.2, -0.15) is 5.10 Å². The highest BCUT2D eigenvalue weighted by Crippen LogP contribution is 2.34. The summed E-state index contributed by atoms with van der Waals surface area (Å²) in [7, 11) is 1.60. The zero-order valence-corrected chi connectivity index (χ0v) is 13.8. The van der Waals surface area contributed by atoms with Crippen molar-refractivity contribution in [2.75, 3.05) is 7.11 Å². The number of nitrogens with zero attached hydrogens (tertiary/aromatic N) is 2. The molecule has 1 aromatic heterocycles. The van der Waals surface area contributed by atoms with Gasteiger partial charge in [0.15, 0.2) is 0 Å². The molecule has 0 bridgehead atoms. The van der Waals surface area contributed by atoms with E-state index < -0.39 is 6.10 Å². The van der Waals surface area contributed by atoms with Crippen molar-refractivity contribution in [3.05, 3.63) is 44.6 Å². The van der Waals surface area contributed by atoms with Crippen LogP contribution in [0.5, 0.6) is 5.75 Å². The molecule has 0 aliphatic rings. The Labute approximate surface area is 128 Å². The monoisotopic (exact) mass is 388 g/mol. The van der Waals surface area contributed by atoms with Crippen molar-refractivity contribution in [2.24, 2.45) is 0 Å². The lowest BCUT2D eigenvalue weighted by Crippen LogP contribution is -2.10. The Bertz CT molecular complexity index is 584. The van der Waals surface area contributed by atoms with Gasteiger partial charge in [0, 0.05) is 16.6 Å². The molecule has 0 aliphatic carbocycles. The molecule has 0 saturated heterocycles. The fourth-order valence-electron chi connectivity index (χ4n) is 1.90.